The van der Waals surface area contributed by atoms with E-state index >= 15 is 0 Å². The summed E-state index contributed by atoms with van der Waals surface area (Å²) in [6.07, 6.45) is 3.44. The molecule has 6 nitrogen and oxygen atoms in total. The van der Waals surface area contributed by atoms with E-state index in [1.54, 1.807) is 12.2 Å². The Balaban J connectivity index is 1.72. The predicted octanol–water partition coefficient (Wildman–Crippen LogP) is 3.01. The Morgan fingerprint density at radius 1 is 0.719 bits per heavy atom. The van der Waals surface area contributed by atoms with Crippen LogP contribution in [0.1, 0.15) is 11.1 Å². The van der Waals surface area contributed by atoms with Crippen molar-refractivity contribution < 1.29 is 19.1 Å². The van der Waals surface area contributed by atoms with Gasteiger partial charge in [0.05, 0.1) is 11.8 Å². The van der Waals surface area contributed by atoms with Gasteiger partial charge in [0.25, 0.3) is 0 Å². The first kappa shape index (κ1) is 23.4. The monoisotopic (exact) mass is 434 g/mol. The van der Waals surface area contributed by atoms with Crippen LogP contribution in [0.25, 0.3) is 0 Å². The van der Waals surface area contributed by atoms with Gasteiger partial charge < -0.3 is 20.1 Å². The molecule has 1 saturated carbocycles. The summed E-state index contributed by atoms with van der Waals surface area (Å²) in [4.78, 5) is 26.1. The molecule has 32 heavy (non-hydrogen) atoms. The number of rotatable bonds is 12. The zero-order valence-electron chi connectivity index (χ0n) is 18.1. The molecule has 0 aromatic heterocycles. The Hall–Kier alpha value is -3.22. The largest absolute Gasteiger partial charge is 0.461 e. The topological polar surface area (TPSA) is 76.7 Å². The van der Waals surface area contributed by atoms with E-state index in [0.29, 0.717) is 13.1 Å². The number of nitrogens with one attached hydrogen (secondary N) is 2. The van der Waals surface area contributed by atoms with Crippen molar-refractivity contribution in [2.45, 2.75) is 25.3 Å². The Labute approximate surface area is 189 Å². The van der Waals surface area contributed by atoms with Gasteiger partial charge in [-0.3, -0.25) is 9.59 Å². The number of hydrogen-bond donors (Lipinski definition) is 2. The number of carbonyl (C=O) groups is 2. The second kappa shape index (κ2) is 12.0. The third-order valence-electron chi connectivity index (χ3n) is 5.54. The third-order valence-corrected chi connectivity index (χ3v) is 5.54. The van der Waals surface area contributed by atoms with Crippen LogP contribution in [0.4, 0.5) is 0 Å². The quantitative estimate of drug-likeness (QED) is 0.395. The summed E-state index contributed by atoms with van der Waals surface area (Å²) in [6, 6.07) is 18.4. The SMILES string of the molecule is C=CCN[C@H]1[C@H](NCC=C)[C@H](C(=O)OCc2ccccc2)[C@H]1C(=O)OCc1ccccc1. The van der Waals surface area contributed by atoms with Gasteiger partial charge in [0.2, 0.25) is 0 Å². The Morgan fingerprint density at radius 2 is 1.09 bits per heavy atom. The van der Waals surface area contributed by atoms with Gasteiger partial charge in [0.15, 0.2) is 0 Å². The second-order valence-electron chi connectivity index (χ2n) is 7.68. The summed E-state index contributed by atoms with van der Waals surface area (Å²) in [6.45, 7) is 8.79. The van der Waals surface area contributed by atoms with Crippen LogP contribution in [-0.2, 0) is 32.3 Å². The van der Waals surface area contributed by atoms with Gasteiger partial charge in [0, 0.05) is 25.2 Å². The molecule has 2 aromatic rings. The van der Waals surface area contributed by atoms with Crippen LogP contribution in [0.3, 0.4) is 0 Å². The van der Waals surface area contributed by atoms with Gasteiger partial charge in [-0.25, -0.2) is 0 Å². The minimum Gasteiger partial charge on any atom is -0.461 e. The van der Waals surface area contributed by atoms with Crippen LogP contribution in [0.15, 0.2) is 86.0 Å². The van der Waals surface area contributed by atoms with Crippen molar-refractivity contribution in [1.82, 2.24) is 10.6 Å². The maximum Gasteiger partial charge on any atom is 0.311 e. The fourth-order valence-corrected chi connectivity index (χ4v) is 3.93. The molecule has 0 bridgehead atoms. The highest BCUT2D eigenvalue weighted by Gasteiger charge is 2.58. The molecular weight excluding hydrogens is 404 g/mol. The highest BCUT2D eigenvalue weighted by molar-refractivity contribution is 5.86. The standard InChI is InChI=1S/C26H30N2O4/c1-3-15-27-23-21(25(29)31-17-19-11-7-5-8-12-19)22(24(23)28-16-4-2)26(30)32-18-20-13-9-6-10-14-20/h3-14,21-24,27-28H,1-2,15-18H2/t21-,22-,23-,24-/m1/s1. The molecule has 1 aliphatic rings. The highest BCUT2D eigenvalue weighted by Crippen LogP contribution is 2.38. The maximum absolute atomic E-state index is 13.0. The van der Waals surface area contributed by atoms with E-state index in [2.05, 4.69) is 23.8 Å². The summed E-state index contributed by atoms with van der Waals surface area (Å²) in [5.74, 6) is -2.17. The molecule has 168 valence electrons. The molecule has 0 aliphatic heterocycles. The Kier molecular flexibility index (Phi) is 8.78. The lowest BCUT2D eigenvalue weighted by Gasteiger charge is -2.49. The molecule has 1 aliphatic carbocycles. The summed E-state index contributed by atoms with van der Waals surface area (Å²) >= 11 is 0. The van der Waals surface area contributed by atoms with E-state index in [0.717, 1.165) is 11.1 Å². The Bertz CT molecular complexity index is 825. The average molecular weight is 435 g/mol. The molecule has 1 fully saturated rings. The van der Waals surface area contributed by atoms with Gasteiger partial charge >= 0.3 is 11.9 Å². The lowest BCUT2D eigenvalue weighted by Crippen LogP contribution is -2.72. The first-order chi connectivity index (χ1) is 15.7. The summed E-state index contributed by atoms with van der Waals surface area (Å²) in [7, 11) is 0. The van der Waals surface area contributed by atoms with Crippen molar-refractivity contribution in [2.75, 3.05) is 13.1 Å². The molecule has 3 rings (SSSR count). The van der Waals surface area contributed by atoms with Gasteiger partial charge in [-0.2, -0.15) is 0 Å². The van der Waals surface area contributed by atoms with Crippen molar-refractivity contribution in [1.29, 1.82) is 0 Å². The summed E-state index contributed by atoms with van der Waals surface area (Å²) in [5.41, 5.74) is 1.78. The van der Waals surface area contributed by atoms with Gasteiger partial charge in [0.1, 0.15) is 13.2 Å². The normalized spacial score (nSPS) is 21.8. The van der Waals surface area contributed by atoms with E-state index in [1.165, 1.54) is 0 Å². The first-order valence-electron chi connectivity index (χ1n) is 10.8. The van der Waals surface area contributed by atoms with Crippen LogP contribution in [0.2, 0.25) is 0 Å². The molecule has 0 heterocycles. The van der Waals surface area contributed by atoms with Gasteiger partial charge in [-0.15, -0.1) is 13.2 Å². The van der Waals surface area contributed by atoms with E-state index in [4.69, 9.17) is 9.47 Å². The molecule has 0 spiro atoms. The first-order valence-corrected chi connectivity index (χ1v) is 10.8. The molecular formula is C26H30N2O4. The zero-order valence-corrected chi connectivity index (χ0v) is 18.1. The van der Waals surface area contributed by atoms with Crippen molar-refractivity contribution in [3.8, 4) is 0 Å². The maximum atomic E-state index is 13.0. The number of hydrogen-bond acceptors (Lipinski definition) is 6. The molecule has 6 heteroatoms. The molecule has 0 unspecified atom stereocenters. The lowest BCUT2D eigenvalue weighted by molar-refractivity contribution is -0.175. The minimum absolute atomic E-state index is 0.154. The van der Waals surface area contributed by atoms with E-state index < -0.39 is 23.8 Å². The lowest BCUT2D eigenvalue weighted by atomic mass is 9.64. The van der Waals surface area contributed by atoms with Crippen molar-refractivity contribution >= 4 is 11.9 Å². The zero-order chi connectivity index (χ0) is 22.8. The molecule has 0 radical (unpaired) electrons. The van der Waals surface area contributed by atoms with E-state index in [-0.39, 0.29) is 25.3 Å². The second-order valence-corrected chi connectivity index (χ2v) is 7.68. The summed E-state index contributed by atoms with van der Waals surface area (Å²) in [5, 5.41) is 6.58. The van der Waals surface area contributed by atoms with E-state index in [9.17, 15) is 9.59 Å². The predicted molar refractivity (Wildman–Crippen MR) is 123 cm³/mol. The number of ether oxygens (including phenoxy) is 2. The number of esters is 2. The van der Waals surface area contributed by atoms with E-state index in [1.807, 2.05) is 60.7 Å². The molecule has 0 amide bonds. The third kappa shape index (κ3) is 5.93. The molecule has 2 N–H and O–H groups in total. The summed E-state index contributed by atoms with van der Waals surface area (Å²) < 4.78 is 11.2. The number of benzene rings is 2. The van der Waals surface area contributed by atoms with Gasteiger partial charge in [-0.1, -0.05) is 72.8 Å². The van der Waals surface area contributed by atoms with Crippen molar-refractivity contribution in [3.05, 3.63) is 97.1 Å². The van der Waals surface area contributed by atoms with Crippen molar-refractivity contribution in [2.24, 2.45) is 11.8 Å². The highest BCUT2D eigenvalue weighted by atomic mass is 16.5. The Morgan fingerprint density at radius 3 is 1.44 bits per heavy atom. The average Bonchev–Trinajstić information content (AvgIpc) is 2.82. The van der Waals surface area contributed by atoms with Gasteiger partial charge in [-0.05, 0) is 11.1 Å². The van der Waals surface area contributed by atoms with Crippen LogP contribution < -0.4 is 10.6 Å². The van der Waals surface area contributed by atoms with Crippen LogP contribution in [-0.4, -0.2) is 37.1 Å². The van der Waals surface area contributed by atoms with Crippen LogP contribution in [0, 0.1) is 11.8 Å². The van der Waals surface area contributed by atoms with Crippen LogP contribution >= 0.6 is 0 Å². The van der Waals surface area contributed by atoms with Crippen LogP contribution in [0.5, 0.6) is 0 Å². The smallest absolute Gasteiger partial charge is 0.311 e. The minimum atomic E-state index is -0.663. The van der Waals surface area contributed by atoms with Crippen molar-refractivity contribution in [3.63, 3.8) is 0 Å². The molecule has 0 saturated heterocycles. The fraction of sp³-hybridized carbons (Fsp3) is 0.308. The fourth-order valence-electron chi connectivity index (χ4n) is 3.93. The molecule has 2 aromatic carbocycles. The molecule has 4 atom stereocenters. The number of carbonyl (C=O) groups excluding carboxylic acids is 2.